The Balaban J connectivity index is 1.62. The van der Waals surface area contributed by atoms with Crippen molar-refractivity contribution >= 4 is 0 Å². The summed E-state index contributed by atoms with van der Waals surface area (Å²) in [6, 6.07) is 14.9. The summed E-state index contributed by atoms with van der Waals surface area (Å²) in [6.07, 6.45) is 0. The maximum absolute atomic E-state index is 13.9. The fourth-order valence-electron chi connectivity index (χ4n) is 3.96. The second-order valence-electron chi connectivity index (χ2n) is 6.66. The first-order chi connectivity index (χ1) is 11.2. The lowest BCUT2D eigenvalue weighted by Gasteiger charge is -2.38. The summed E-state index contributed by atoms with van der Waals surface area (Å²) in [5, 5.41) is 10.0. The number of nitrogens with zero attached hydrogens (tertiary/aromatic N) is 1. The van der Waals surface area contributed by atoms with Crippen molar-refractivity contribution in [1.82, 2.24) is 4.90 Å². The zero-order valence-corrected chi connectivity index (χ0v) is 12.9. The number of hydrogen-bond donors (Lipinski definition) is 1. The molecule has 4 rings (SSSR count). The van der Waals surface area contributed by atoms with Crippen LogP contribution in [0.25, 0.3) is 0 Å². The quantitative estimate of drug-likeness (QED) is 0.946. The molecule has 2 aromatic carbocycles. The molecule has 2 aromatic rings. The van der Waals surface area contributed by atoms with Gasteiger partial charge in [0.25, 0.3) is 0 Å². The highest BCUT2D eigenvalue weighted by atomic mass is 19.1. The Labute approximate surface area is 135 Å². The topological polar surface area (TPSA) is 32.7 Å². The number of aliphatic hydroxyl groups excluding tert-OH is 1. The molecule has 0 bridgehead atoms. The van der Waals surface area contributed by atoms with Crippen LogP contribution in [0.3, 0.4) is 0 Å². The number of benzene rings is 2. The van der Waals surface area contributed by atoms with Gasteiger partial charge in [0.05, 0.1) is 13.2 Å². The van der Waals surface area contributed by atoms with E-state index in [9.17, 15) is 9.50 Å². The molecule has 0 saturated carbocycles. The first kappa shape index (κ1) is 14.7. The number of ether oxygens (including phenoxy) is 1. The van der Waals surface area contributed by atoms with Gasteiger partial charge in [0, 0.05) is 36.5 Å². The Morgan fingerprint density at radius 3 is 2.78 bits per heavy atom. The minimum atomic E-state index is -0.292. The molecule has 3 nitrogen and oxygen atoms in total. The third kappa shape index (κ3) is 2.42. The van der Waals surface area contributed by atoms with E-state index in [0.717, 1.165) is 24.4 Å². The van der Waals surface area contributed by atoms with Crippen LogP contribution in [-0.2, 0) is 6.54 Å². The van der Waals surface area contributed by atoms with Gasteiger partial charge in [-0.25, -0.2) is 4.39 Å². The average molecular weight is 313 g/mol. The number of aliphatic hydroxyl groups is 1. The highest BCUT2D eigenvalue weighted by Crippen LogP contribution is 2.49. The number of para-hydroxylation sites is 1. The molecule has 2 atom stereocenters. The van der Waals surface area contributed by atoms with Crippen molar-refractivity contribution in [2.75, 3.05) is 26.3 Å². The maximum atomic E-state index is 13.9. The van der Waals surface area contributed by atoms with E-state index < -0.39 is 0 Å². The second kappa shape index (κ2) is 5.62. The Hall–Kier alpha value is -1.91. The van der Waals surface area contributed by atoms with Crippen LogP contribution in [0.2, 0.25) is 0 Å². The molecule has 4 heteroatoms. The van der Waals surface area contributed by atoms with Crippen LogP contribution in [-0.4, -0.2) is 36.3 Å². The van der Waals surface area contributed by atoms with E-state index in [1.165, 1.54) is 6.07 Å². The monoisotopic (exact) mass is 313 g/mol. The van der Waals surface area contributed by atoms with E-state index in [0.29, 0.717) is 18.7 Å². The van der Waals surface area contributed by atoms with Gasteiger partial charge in [0.15, 0.2) is 0 Å². The van der Waals surface area contributed by atoms with E-state index in [1.54, 1.807) is 6.07 Å². The van der Waals surface area contributed by atoms with Gasteiger partial charge >= 0.3 is 0 Å². The third-order valence-corrected chi connectivity index (χ3v) is 5.19. The van der Waals surface area contributed by atoms with E-state index in [1.807, 2.05) is 30.3 Å². The fourth-order valence-corrected chi connectivity index (χ4v) is 3.96. The highest BCUT2D eigenvalue weighted by Gasteiger charge is 2.50. The fraction of sp³-hybridized carbons (Fsp3) is 0.368. The number of halogens is 1. The molecule has 120 valence electrons. The zero-order chi connectivity index (χ0) is 15.9. The van der Waals surface area contributed by atoms with Crippen LogP contribution in [0, 0.1) is 11.2 Å². The lowest BCUT2D eigenvalue weighted by atomic mass is 9.74. The van der Waals surface area contributed by atoms with Gasteiger partial charge in [-0.05, 0) is 17.7 Å². The molecule has 0 unspecified atom stereocenters. The Morgan fingerprint density at radius 2 is 1.96 bits per heavy atom. The van der Waals surface area contributed by atoms with Crippen LogP contribution in [0.1, 0.15) is 17.0 Å². The van der Waals surface area contributed by atoms with Crippen LogP contribution in [0.15, 0.2) is 48.5 Å². The smallest absolute Gasteiger partial charge is 0.127 e. The summed E-state index contributed by atoms with van der Waals surface area (Å²) in [5.74, 6) is 0.968. The normalized spacial score (nSPS) is 26.4. The number of hydrogen-bond acceptors (Lipinski definition) is 3. The summed E-state index contributed by atoms with van der Waals surface area (Å²) >= 11 is 0. The highest BCUT2D eigenvalue weighted by molar-refractivity contribution is 5.41. The molecular formula is C19H20FNO2. The van der Waals surface area contributed by atoms with Crippen molar-refractivity contribution in [3.8, 4) is 5.75 Å². The summed E-state index contributed by atoms with van der Waals surface area (Å²) in [6.45, 7) is 2.69. The molecule has 0 radical (unpaired) electrons. The summed E-state index contributed by atoms with van der Waals surface area (Å²) in [4.78, 5) is 2.23. The van der Waals surface area contributed by atoms with Crippen LogP contribution < -0.4 is 4.74 Å². The average Bonchev–Trinajstić information content (AvgIpc) is 2.96. The molecule has 0 aliphatic carbocycles. The SMILES string of the molecule is OC[C@]12COc3ccccc3[C@H]1CN(Cc1ccccc1F)C2. The molecule has 2 aliphatic heterocycles. The molecule has 23 heavy (non-hydrogen) atoms. The van der Waals surface area contributed by atoms with E-state index in [4.69, 9.17) is 4.74 Å². The van der Waals surface area contributed by atoms with Gasteiger partial charge in [0.1, 0.15) is 11.6 Å². The molecule has 1 fully saturated rings. The van der Waals surface area contributed by atoms with Gasteiger partial charge in [0.2, 0.25) is 0 Å². The number of rotatable bonds is 3. The van der Waals surface area contributed by atoms with Crippen molar-refractivity contribution in [2.24, 2.45) is 5.41 Å². The predicted molar refractivity (Wildman–Crippen MR) is 85.9 cm³/mol. The van der Waals surface area contributed by atoms with Crippen molar-refractivity contribution in [3.05, 3.63) is 65.5 Å². The van der Waals surface area contributed by atoms with Gasteiger partial charge in [-0.15, -0.1) is 0 Å². The lowest BCUT2D eigenvalue weighted by molar-refractivity contribution is 0.0457. The number of likely N-dealkylation sites (tertiary alicyclic amines) is 1. The molecule has 0 spiro atoms. The van der Waals surface area contributed by atoms with Crippen molar-refractivity contribution in [1.29, 1.82) is 0 Å². The Morgan fingerprint density at radius 1 is 1.17 bits per heavy atom. The molecule has 0 aromatic heterocycles. The minimum Gasteiger partial charge on any atom is -0.493 e. The van der Waals surface area contributed by atoms with Crippen LogP contribution in [0.5, 0.6) is 5.75 Å². The summed E-state index contributed by atoms with van der Waals surface area (Å²) < 4.78 is 19.8. The molecule has 2 heterocycles. The van der Waals surface area contributed by atoms with Crippen LogP contribution >= 0.6 is 0 Å². The summed E-state index contributed by atoms with van der Waals surface area (Å²) in [5.41, 5.74) is 1.57. The summed E-state index contributed by atoms with van der Waals surface area (Å²) in [7, 11) is 0. The third-order valence-electron chi connectivity index (χ3n) is 5.19. The van der Waals surface area contributed by atoms with Crippen LogP contribution in [0.4, 0.5) is 4.39 Å². The molecular weight excluding hydrogens is 293 g/mol. The van der Waals surface area contributed by atoms with E-state index in [2.05, 4.69) is 11.0 Å². The lowest BCUT2D eigenvalue weighted by Crippen LogP contribution is -2.42. The first-order valence-electron chi connectivity index (χ1n) is 8.00. The van der Waals surface area contributed by atoms with Crippen molar-refractivity contribution in [2.45, 2.75) is 12.5 Å². The number of fused-ring (bicyclic) bond motifs is 3. The van der Waals surface area contributed by atoms with Crippen molar-refractivity contribution < 1.29 is 14.2 Å². The molecule has 0 amide bonds. The van der Waals surface area contributed by atoms with Gasteiger partial charge < -0.3 is 9.84 Å². The van der Waals surface area contributed by atoms with Crippen molar-refractivity contribution in [3.63, 3.8) is 0 Å². The standard InChI is InChI=1S/C19H20FNO2/c20-17-7-3-1-5-14(17)9-21-10-16-15-6-2-4-8-18(15)23-13-19(16,11-21)12-22/h1-8,16,22H,9-13H2/t16-,19-/m1/s1. The molecule has 2 aliphatic rings. The maximum Gasteiger partial charge on any atom is 0.127 e. The zero-order valence-electron chi connectivity index (χ0n) is 12.9. The minimum absolute atomic E-state index is 0.0831. The van der Waals surface area contributed by atoms with E-state index >= 15 is 0 Å². The Bertz CT molecular complexity index is 720. The van der Waals surface area contributed by atoms with Gasteiger partial charge in [-0.3, -0.25) is 4.90 Å². The predicted octanol–water partition coefficient (Wildman–Crippen LogP) is 2.80. The Kier molecular flexibility index (Phi) is 3.58. The molecule has 1 saturated heterocycles. The van der Waals surface area contributed by atoms with E-state index in [-0.39, 0.29) is 23.8 Å². The largest absolute Gasteiger partial charge is 0.493 e. The molecule has 1 N–H and O–H groups in total. The second-order valence-corrected chi connectivity index (χ2v) is 6.66. The first-order valence-corrected chi connectivity index (χ1v) is 8.00. The van der Waals surface area contributed by atoms with Gasteiger partial charge in [-0.1, -0.05) is 36.4 Å². The van der Waals surface area contributed by atoms with Gasteiger partial charge in [-0.2, -0.15) is 0 Å².